The van der Waals surface area contributed by atoms with Gasteiger partial charge < -0.3 is 10.8 Å². The summed E-state index contributed by atoms with van der Waals surface area (Å²) in [6.07, 6.45) is 1.54. The maximum absolute atomic E-state index is 11.0. The van der Waals surface area contributed by atoms with Gasteiger partial charge in [0.25, 0.3) is 0 Å². The monoisotopic (exact) mass is 230 g/mol. The maximum Gasteiger partial charge on any atom is 0.323 e. The number of hydrogen-bond donors (Lipinski definition) is 2. The number of nitrogens with zero attached hydrogens (tertiary/aromatic N) is 1. The third-order valence-corrected chi connectivity index (χ3v) is 2.92. The maximum atomic E-state index is 11.0. The minimum atomic E-state index is -1.14. The van der Waals surface area contributed by atoms with Crippen molar-refractivity contribution in [3.05, 3.63) is 0 Å². The first kappa shape index (κ1) is 15.4. The van der Waals surface area contributed by atoms with Gasteiger partial charge in [0.05, 0.1) is 0 Å². The summed E-state index contributed by atoms with van der Waals surface area (Å²) >= 11 is 0. The van der Waals surface area contributed by atoms with Gasteiger partial charge in [0.1, 0.15) is 5.54 Å². The van der Waals surface area contributed by atoms with Gasteiger partial charge >= 0.3 is 5.97 Å². The molecule has 0 amide bonds. The Morgan fingerprint density at radius 3 is 2.25 bits per heavy atom. The molecule has 0 aromatic heterocycles. The van der Waals surface area contributed by atoms with Gasteiger partial charge in [0.2, 0.25) is 0 Å². The number of carboxylic acids is 1. The van der Waals surface area contributed by atoms with E-state index in [-0.39, 0.29) is 6.04 Å². The molecule has 0 aliphatic rings. The molecule has 0 saturated heterocycles. The second-order valence-electron chi connectivity index (χ2n) is 5.11. The second-order valence-corrected chi connectivity index (χ2v) is 5.11. The first-order valence-electron chi connectivity index (χ1n) is 6.00. The number of hydrogen-bond acceptors (Lipinski definition) is 3. The lowest BCUT2D eigenvalue weighted by atomic mass is 9.93. The average Bonchev–Trinajstić information content (AvgIpc) is 2.12. The molecule has 3 N–H and O–H groups in total. The van der Waals surface area contributed by atoms with Crippen molar-refractivity contribution in [2.24, 2.45) is 5.73 Å². The third-order valence-electron chi connectivity index (χ3n) is 2.92. The van der Waals surface area contributed by atoms with E-state index in [9.17, 15) is 4.79 Å². The van der Waals surface area contributed by atoms with Gasteiger partial charge in [0, 0.05) is 12.1 Å². The number of nitrogens with two attached hydrogens (primary N) is 1. The SMILES string of the molecule is CCCN(C(C)C)C(C)CC(C)(N)C(=O)O. The van der Waals surface area contributed by atoms with Crippen molar-refractivity contribution in [2.75, 3.05) is 6.54 Å². The molecule has 16 heavy (non-hydrogen) atoms. The fourth-order valence-electron chi connectivity index (χ4n) is 2.06. The Kier molecular flexibility index (Phi) is 5.97. The van der Waals surface area contributed by atoms with E-state index in [1.807, 2.05) is 6.92 Å². The van der Waals surface area contributed by atoms with Gasteiger partial charge in [0.15, 0.2) is 0 Å². The highest BCUT2D eigenvalue weighted by Gasteiger charge is 2.32. The molecular formula is C12H26N2O2. The van der Waals surface area contributed by atoms with E-state index < -0.39 is 11.5 Å². The van der Waals surface area contributed by atoms with Crippen LogP contribution < -0.4 is 5.73 Å². The number of carbonyl (C=O) groups is 1. The van der Waals surface area contributed by atoms with Crippen molar-refractivity contribution in [3.63, 3.8) is 0 Å². The highest BCUT2D eigenvalue weighted by Crippen LogP contribution is 2.16. The Hall–Kier alpha value is -0.610. The van der Waals surface area contributed by atoms with Gasteiger partial charge in [-0.1, -0.05) is 6.92 Å². The zero-order valence-corrected chi connectivity index (χ0v) is 11.2. The van der Waals surface area contributed by atoms with E-state index in [0.717, 1.165) is 13.0 Å². The first-order valence-corrected chi connectivity index (χ1v) is 6.00. The third kappa shape index (κ3) is 4.49. The molecule has 0 bridgehead atoms. The van der Waals surface area contributed by atoms with Gasteiger partial charge in [-0.05, 0) is 47.1 Å². The first-order chi connectivity index (χ1) is 7.22. The average molecular weight is 230 g/mol. The molecule has 0 rings (SSSR count). The Balaban J connectivity index is 4.52. The van der Waals surface area contributed by atoms with E-state index in [1.54, 1.807) is 6.92 Å². The van der Waals surface area contributed by atoms with Gasteiger partial charge in [-0.2, -0.15) is 0 Å². The standard InChI is InChI=1S/C12H26N2O2/c1-6-7-14(9(2)3)10(4)8-12(5,13)11(15)16/h9-10H,6-8,13H2,1-5H3,(H,15,16). The zero-order valence-electron chi connectivity index (χ0n) is 11.2. The van der Waals surface area contributed by atoms with Crippen LogP contribution in [0.15, 0.2) is 0 Å². The summed E-state index contributed by atoms with van der Waals surface area (Å²) in [5.74, 6) is -0.931. The van der Waals surface area contributed by atoms with E-state index in [4.69, 9.17) is 10.8 Å². The van der Waals surface area contributed by atoms with Crippen molar-refractivity contribution >= 4 is 5.97 Å². The molecule has 0 saturated carbocycles. The van der Waals surface area contributed by atoms with Crippen LogP contribution in [0.4, 0.5) is 0 Å². The Morgan fingerprint density at radius 2 is 1.94 bits per heavy atom. The summed E-state index contributed by atoms with van der Waals surface area (Å²) in [6, 6.07) is 0.602. The van der Waals surface area contributed by atoms with E-state index >= 15 is 0 Å². The van der Waals surface area contributed by atoms with Crippen molar-refractivity contribution in [3.8, 4) is 0 Å². The molecule has 0 radical (unpaired) electrons. The minimum Gasteiger partial charge on any atom is -0.480 e. The molecule has 0 aromatic carbocycles. The van der Waals surface area contributed by atoms with E-state index in [1.165, 1.54) is 0 Å². The lowest BCUT2D eigenvalue weighted by Crippen LogP contribution is -2.51. The minimum absolute atomic E-state index is 0.186. The number of aliphatic carboxylic acids is 1. The topological polar surface area (TPSA) is 66.6 Å². The Morgan fingerprint density at radius 1 is 1.44 bits per heavy atom. The molecule has 96 valence electrons. The quantitative estimate of drug-likeness (QED) is 0.698. The summed E-state index contributed by atoms with van der Waals surface area (Å²) in [4.78, 5) is 13.3. The Labute approximate surface area is 98.8 Å². The van der Waals surface area contributed by atoms with Crippen LogP contribution in [0.1, 0.15) is 47.5 Å². The smallest absolute Gasteiger partial charge is 0.323 e. The normalized spacial score (nSPS) is 17.5. The van der Waals surface area contributed by atoms with E-state index in [2.05, 4.69) is 25.7 Å². The van der Waals surface area contributed by atoms with Crippen LogP contribution >= 0.6 is 0 Å². The van der Waals surface area contributed by atoms with Crippen LogP contribution in [0, 0.1) is 0 Å². The Bertz CT molecular complexity index is 227. The predicted molar refractivity (Wildman–Crippen MR) is 66.4 cm³/mol. The number of carboxylic acid groups (broad SMARTS) is 1. The molecule has 0 aliphatic carbocycles. The van der Waals surface area contributed by atoms with E-state index in [0.29, 0.717) is 12.5 Å². The molecule has 4 nitrogen and oxygen atoms in total. The molecule has 4 heteroatoms. The summed E-state index contributed by atoms with van der Waals surface area (Å²) in [7, 11) is 0. The molecule has 0 heterocycles. The van der Waals surface area contributed by atoms with Crippen LogP contribution in [0.25, 0.3) is 0 Å². The lowest BCUT2D eigenvalue weighted by Gasteiger charge is -2.35. The number of rotatable bonds is 7. The van der Waals surface area contributed by atoms with Crippen LogP contribution in [0.5, 0.6) is 0 Å². The zero-order chi connectivity index (χ0) is 12.9. The highest BCUT2D eigenvalue weighted by atomic mass is 16.4. The molecule has 0 aromatic rings. The summed E-state index contributed by atoms with van der Waals surface area (Å²) < 4.78 is 0. The summed E-state index contributed by atoms with van der Waals surface area (Å²) in [6.45, 7) is 11.0. The molecule has 2 unspecified atom stereocenters. The molecule has 0 aliphatic heterocycles. The van der Waals surface area contributed by atoms with Crippen LogP contribution in [0.2, 0.25) is 0 Å². The molecule has 0 fully saturated rings. The summed E-state index contributed by atoms with van der Waals surface area (Å²) in [5.41, 5.74) is 4.63. The lowest BCUT2D eigenvalue weighted by molar-refractivity contribution is -0.143. The van der Waals surface area contributed by atoms with Crippen molar-refractivity contribution in [1.82, 2.24) is 4.90 Å². The highest BCUT2D eigenvalue weighted by molar-refractivity contribution is 5.77. The van der Waals surface area contributed by atoms with Crippen LogP contribution in [-0.4, -0.2) is 40.1 Å². The van der Waals surface area contributed by atoms with Crippen molar-refractivity contribution < 1.29 is 9.90 Å². The second kappa shape index (κ2) is 6.21. The fraction of sp³-hybridized carbons (Fsp3) is 0.917. The van der Waals surface area contributed by atoms with Crippen LogP contribution in [0.3, 0.4) is 0 Å². The van der Waals surface area contributed by atoms with Crippen molar-refractivity contribution in [1.29, 1.82) is 0 Å². The largest absolute Gasteiger partial charge is 0.480 e. The molecule has 0 spiro atoms. The van der Waals surface area contributed by atoms with Gasteiger partial charge in [-0.15, -0.1) is 0 Å². The van der Waals surface area contributed by atoms with Gasteiger partial charge in [-0.3, -0.25) is 9.69 Å². The fourth-order valence-corrected chi connectivity index (χ4v) is 2.06. The molecular weight excluding hydrogens is 204 g/mol. The van der Waals surface area contributed by atoms with Crippen LogP contribution in [-0.2, 0) is 4.79 Å². The van der Waals surface area contributed by atoms with Crippen molar-refractivity contribution in [2.45, 2.75) is 65.1 Å². The van der Waals surface area contributed by atoms with Gasteiger partial charge in [-0.25, -0.2) is 0 Å². The summed E-state index contributed by atoms with van der Waals surface area (Å²) in [5, 5.41) is 9.00. The predicted octanol–water partition coefficient (Wildman–Crippen LogP) is 1.69. The molecule has 2 atom stereocenters.